The van der Waals surface area contributed by atoms with E-state index in [-0.39, 0.29) is 24.2 Å². The lowest BCUT2D eigenvalue weighted by molar-refractivity contribution is -0.122. The molecule has 1 aliphatic rings. The van der Waals surface area contributed by atoms with E-state index in [0.29, 0.717) is 13.2 Å². The first kappa shape index (κ1) is 19.9. The summed E-state index contributed by atoms with van der Waals surface area (Å²) in [6.45, 7) is 9.14. The van der Waals surface area contributed by atoms with Crippen LogP contribution in [0.15, 0.2) is 36.4 Å². The molecule has 1 heterocycles. The Morgan fingerprint density at radius 2 is 1.79 bits per heavy atom. The van der Waals surface area contributed by atoms with E-state index in [0.717, 1.165) is 34.7 Å². The number of ether oxygens (including phenoxy) is 1. The normalized spacial score (nSPS) is 16.4. The molecule has 2 amide bonds. The third kappa shape index (κ3) is 4.35. The first-order valence-electron chi connectivity index (χ1n) is 9.81. The number of carbonyl (C=O) groups excluding carboxylic acids is 2. The van der Waals surface area contributed by atoms with E-state index in [1.165, 1.54) is 5.56 Å². The fraction of sp³-hybridized carbons (Fsp3) is 0.391. The van der Waals surface area contributed by atoms with E-state index in [9.17, 15) is 9.59 Å². The molecule has 28 heavy (non-hydrogen) atoms. The zero-order valence-electron chi connectivity index (χ0n) is 17.0. The fourth-order valence-corrected chi connectivity index (χ4v) is 3.68. The molecule has 5 nitrogen and oxygen atoms in total. The van der Waals surface area contributed by atoms with E-state index >= 15 is 0 Å². The van der Waals surface area contributed by atoms with Crippen LogP contribution in [0.25, 0.3) is 0 Å². The van der Waals surface area contributed by atoms with Crippen LogP contribution in [0.1, 0.15) is 36.5 Å². The van der Waals surface area contributed by atoms with Crippen LogP contribution in [0.4, 0.5) is 11.4 Å². The second-order valence-electron chi connectivity index (χ2n) is 7.51. The molecule has 2 aromatic carbocycles. The zero-order chi connectivity index (χ0) is 20.3. The lowest BCUT2D eigenvalue weighted by Crippen LogP contribution is -2.28. The second kappa shape index (κ2) is 8.46. The van der Waals surface area contributed by atoms with Gasteiger partial charge in [0.15, 0.2) is 0 Å². The predicted octanol–water partition coefficient (Wildman–Crippen LogP) is 4.39. The molecule has 1 N–H and O–H groups in total. The standard InChI is InChI=1S/C23H28N2O3/c1-5-10-28-20-8-6-19(7-9-20)25-14-18(13-21(25)26)23(27)24-22-16(3)11-15(2)12-17(22)4/h6-9,11-12,18H,5,10,13-14H2,1-4H3,(H,24,27)/t18-/m1/s1. The van der Waals surface area contributed by atoms with Crippen LogP contribution in [-0.2, 0) is 9.59 Å². The maximum atomic E-state index is 12.8. The minimum atomic E-state index is -0.358. The Hall–Kier alpha value is -2.82. The van der Waals surface area contributed by atoms with Crippen molar-refractivity contribution in [2.24, 2.45) is 5.92 Å². The Morgan fingerprint density at radius 1 is 1.14 bits per heavy atom. The largest absolute Gasteiger partial charge is 0.494 e. The Balaban J connectivity index is 1.68. The van der Waals surface area contributed by atoms with Gasteiger partial charge in [-0.1, -0.05) is 24.6 Å². The van der Waals surface area contributed by atoms with Gasteiger partial charge in [-0.25, -0.2) is 0 Å². The van der Waals surface area contributed by atoms with Crippen molar-refractivity contribution < 1.29 is 14.3 Å². The van der Waals surface area contributed by atoms with E-state index in [1.807, 2.05) is 45.0 Å². The van der Waals surface area contributed by atoms with Crippen LogP contribution in [0.5, 0.6) is 5.75 Å². The minimum Gasteiger partial charge on any atom is -0.494 e. The molecule has 0 saturated carbocycles. The zero-order valence-corrected chi connectivity index (χ0v) is 17.0. The molecule has 0 radical (unpaired) electrons. The van der Waals surface area contributed by atoms with Crippen molar-refractivity contribution >= 4 is 23.2 Å². The third-order valence-corrected chi connectivity index (χ3v) is 5.04. The molecular weight excluding hydrogens is 352 g/mol. The maximum Gasteiger partial charge on any atom is 0.229 e. The van der Waals surface area contributed by atoms with Gasteiger partial charge < -0.3 is 15.0 Å². The van der Waals surface area contributed by atoms with Crippen LogP contribution in [0.2, 0.25) is 0 Å². The summed E-state index contributed by atoms with van der Waals surface area (Å²) in [6, 6.07) is 11.6. The number of benzene rings is 2. The molecule has 148 valence electrons. The van der Waals surface area contributed by atoms with Crippen LogP contribution >= 0.6 is 0 Å². The number of nitrogens with one attached hydrogen (secondary N) is 1. The Morgan fingerprint density at radius 3 is 2.39 bits per heavy atom. The molecule has 1 atom stereocenters. The summed E-state index contributed by atoms with van der Waals surface area (Å²) < 4.78 is 5.59. The van der Waals surface area contributed by atoms with Crippen LogP contribution < -0.4 is 15.0 Å². The Labute approximate surface area is 166 Å². The van der Waals surface area contributed by atoms with Gasteiger partial charge in [-0.15, -0.1) is 0 Å². The van der Waals surface area contributed by atoms with Gasteiger partial charge >= 0.3 is 0 Å². The molecular formula is C23H28N2O3. The molecule has 1 saturated heterocycles. The summed E-state index contributed by atoms with van der Waals surface area (Å²) in [5, 5.41) is 3.03. The van der Waals surface area contributed by atoms with Gasteiger partial charge in [0.25, 0.3) is 0 Å². The predicted molar refractivity (Wildman–Crippen MR) is 112 cm³/mol. The average Bonchev–Trinajstić information content (AvgIpc) is 3.05. The van der Waals surface area contributed by atoms with Gasteiger partial charge in [0.05, 0.1) is 12.5 Å². The monoisotopic (exact) mass is 380 g/mol. The quantitative estimate of drug-likeness (QED) is 0.808. The SMILES string of the molecule is CCCOc1ccc(N2C[C@H](C(=O)Nc3c(C)cc(C)cc3C)CC2=O)cc1. The number of aryl methyl sites for hydroxylation is 3. The lowest BCUT2D eigenvalue weighted by atomic mass is 10.0. The van der Waals surface area contributed by atoms with Crippen LogP contribution in [0.3, 0.4) is 0 Å². The number of anilines is 2. The van der Waals surface area contributed by atoms with E-state index < -0.39 is 0 Å². The molecule has 0 aromatic heterocycles. The summed E-state index contributed by atoms with van der Waals surface area (Å²) in [4.78, 5) is 27.0. The highest BCUT2D eigenvalue weighted by atomic mass is 16.5. The molecule has 2 aromatic rings. The summed E-state index contributed by atoms with van der Waals surface area (Å²) in [5.74, 6) is 0.300. The van der Waals surface area contributed by atoms with Crippen LogP contribution in [-0.4, -0.2) is 25.0 Å². The fourth-order valence-electron chi connectivity index (χ4n) is 3.68. The van der Waals surface area contributed by atoms with Gasteiger partial charge in [-0.2, -0.15) is 0 Å². The lowest BCUT2D eigenvalue weighted by Gasteiger charge is -2.18. The van der Waals surface area contributed by atoms with Gasteiger partial charge in [0, 0.05) is 24.3 Å². The highest BCUT2D eigenvalue weighted by Crippen LogP contribution is 2.29. The molecule has 3 rings (SSSR count). The number of nitrogens with zero attached hydrogens (tertiary/aromatic N) is 1. The number of hydrogen-bond donors (Lipinski definition) is 1. The molecule has 0 spiro atoms. The molecule has 0 aliphatic carbocycles. The number of amides is 2. The third-order valence-electron chi connectivity index (χ3n) is 5.04. The molecule has 0 bridgehead atoms. The summed E-state index contributed by atoms with van der Waals surface area (Å²) in [6.07, 6.45) is 1.17. The van der Waals surface area contributed by atoms with E-state index in [4.69, 9.17) is 4.74 Å². The van der Waals surface area contributed by atoms with Crippen molar-refractivity contribution in [3.8, 4) is 5.75 Å². The highest BCUT2D eigenvalue weighted by Gasteiger charge is 2.35. The molecule has 1 fully saturated rings. The maximum absolute atomic E-state index is 12.8. The second-order valence-corrected chi connectivity index (χ2v) is 7.51. The number of hydrogen-bond acceptors (Lipinski definition) is 3. The minimum absolute atomic E-state index is 0.0280. The molecule has 0 unspecified atom stereocenters. The van der Waals surface area contributed by atoms with Crippen LogP contribution in [0, 0.1) is 26.7 Å². The molecule has 5 heteroatoms. The molecule has 1 aliphatic heterocycles. The topological polar surface area (TPSA) is 58.6 Å². The van der Waals surface area contributed by atoms with E-state index in [1.54, 1.807) is 4.90 Å². The summed E-state index contributed by atoms with van der Waals surface area (Å²) >= 11 is 0. The van der Waals surface area contributed by atoms with Crippen molar-refractivity contribution in [2.75, 3.05) is 23.4 Å². The average molecular weight is 380 g/mol. The number of rotatable bonds is 6. The van der Waals surface area contributed by atoms with Crippen molar-refractivity contribution in [1.82, 2.24) is 0 Å². The van der Waals surface area contributed by atoms with Gasteiger partial charge in [0.1, 0.15) is 5.75 Å². The number of carbonyl (C=O) groups is 2. The van der Waals surface area contributed by atoms with Gasteiger partial charge in [0.2, 0.25) is 11.8 Å². The van der Waals surface area contributed by atoms with Gasteiger partial charge in [-0.3, -0.25) is 9.59 Å². The highest BCUT2D eigenvalue weighted by molar-refractivity contribution is 6.04. The Bertz CT molecular complexity index is 851. The smallest absolute Gasteiger partial charge is 0.229 e. The first-order chi connectivity index (χ1) is 13.4. The van der Waals surface area contributed by atoms with Crippen molar-refractivity contribution in [3.05, 3.63) is 53.1 Å². The van der Waals surface area contributed by atoms with Gasteiger partial charge in [-0.05, 0) is 62.6 Å². The summed E-state index contributed by atoms with van der Waals surface area (Å²) in [7, 11) is 0. The Kier molecular flexibility index (Phi) is 6.02. The van der Waals surface area contributed by atoms with E-state index in [2.05, 4.69) is 24.4 Å². The van der Waals surface area contributed by atoms with Crippen molar-refractivity contribution in [2.45, 2.75) is 40.5 Å². The first-order valence-corrected chi connectivity index (χ1v) is 9.81. The summed E-state index contributed by atoms with van der Waals surface area (Å²) in [5.41, 5.74) is 4.89. The van der Waals surface area contributed by atoms with Crippen molar-refractivity contribution in [3.63, 3.8) is 0 Å². The van der Waals surface area contributed by atoms with Crippen molar-refractivity contribution in [1.29, 1.82) is 0 Å².